The first kappa shape index (κ1) is 19.7. The molecule has 4 atom stereocenters. The molecule has 1 heterocycles. The Labute approximate surface area is 162 Å². The average molecular weight is 380 g/mol. The normalized spacial score (nSPS) is 28.3. The zero-order chi connectivity index (χ0) is 20.5. The standard InChI is InChI=1S/C21H19F2N5/c1-2-6-28-7-5-14-16(9-24)20(27)21(11-25,12-26)19(17(14)10-28)15-4-3-13(22)8-18(15)23/h3-5,8,16-17,19,27H,2,6-7,10H2,1H3/p+1/t16?,17-,19+/m1/s1. The largest absolute Gasteiger partial charge is 0.331 e. The van der Waals surface area contributed by atoms with E-state index in [9.17, 15) is 24.6 Å². The lowest BCUT2D eigenvalue weighted by molar-refractivity contribution is -0.899. The Morgan fingerprint density at radius 3 is 2.54 bits per heavy atom. The molecule has 28 heavy (non-hydrogen) atoms. The molecule has 0 amide bonds. The maximum Gasteiger partial charge on any atom is 0.190 e. The van der Waals surface area contributed by atoms with Crippen molar-refractivity contribution in [3.05, 3.63) is 47.0 Å². The van der Waals surface area contributed by atoms with Gasteiger partial charge in [-0.3, -0.25) is 0 Å². The third kappa shape index (κ3) is 2.87. The first-order chi connectivity index (χ1) is 13.4. The Kier molecular flexibility index (Phi) is 5.27. The lowest BCUT2D eigenvalue weighted by Crippen LogP contribution is -3.13. The van der Waals surface area contributed by atoms with Gasteiger partial charge in [0.05, 0.1) is 43.6 Å². The topological polar surface area (TPSA) is 99.7 Å². The van der Waals surface area contributed by atoms with Crippen molar-refractivity contribution >= 4 is 5.71 Å². The van der Waals surface area contributed by atoms with Crippen LogP contribution in [0.3, 0.4) is 0 Å². The maximum absolute atomic E-state index is 14.7. The summed E-state index contributed by atoms with van der Waals surface area (Å²) in [7, 11) is 0. The zero-order valence-corrected chi connectivity index (χ0v) is 15.5. The summed E-state index contributed by atoms with van der Waals surface area (Å²) in [6.45, 7) is 4.11. The number of fused-ring (bicyclic) bond motifs is 1. The smallest absolute Gasteiger partial charge is 0.190 e. The van der Waals surface area contributed by atoms with Crippen LogP contribution in [0.25, 0.3) is 0 Å². The van der Waals surface area contributed by atoms with Crippen LogP contribution in [0.2, 0.25) is 0 Å². The number of nitrogens with one attached hydrogen (secondary N) is 2. The van der Waals surface area contributed by atoms with E-state index in [0.717, 1.165) is 25.1 Å². The molecule has 3 rings (SSSR count). The molecule has 0 aromatic heterocycles. The molecule has 2 N–H and O–H groups in total. The molecule has 0 radical (unpaired) electrons. The van der Waals surface area contributed by atoms with Crippen molar-refractivity contribution in [2.75, 3.05) is 19.6 Å². The zero-order valence-electron chi connectivity index (χ0n) is 15.5. The molecule has 7 heteroatoms. The third-order valence-corrected chi connectivity index (χ3v) is 5.86. The molecular formula is C21H20F2N5+. The van der Waals surface area contributed by atoms with Crippen LogP contribution in [-0.4, -0.2) is 25.3 Å². The van der Waals surface area contributed by atoms with E-state index in [1.165, 1.54) is 11.0 Å². The number of nitriles is 3. The summed E-state index contributed by atoms with van der Waals surface area (Å²) in [5, 5.41) is 38.0. The molecule has 1 fully saturated rings. The van der Waals surface area contributed by atoms with Gasteiger partial charge in [-0.1, -0.05) is 13.0 Å². The summed E-state index contributed by atoms with van der Waals surface area (Å²) in [6, 6.07) is 8.98. The highest BCUT2D eigenvalue weighted by Gasteiger charge is 2.59. The Balaban J connectivity index is 2.25. The minimum absolute atomic E-state index is 0.0410. The van der Waals surface area contributed by atoms with Crippen LogP contribution in [0, 0.1) is 68.3 Å². The van der Waals surface area contributed by atoms with Crippen molar-refractivity contribution in [2.45, 2.75) is 19.3 Å². The predicted molar refractivity (Wildman–Crippen MR) is 97.0 cm³/mol. The second-order valence-corrected chi connectivity index (χ2v) is 7.37. The summed E-state index contributed by atoms with van der Waals surface area (Å²) in [4.78, 5) is 1.21. The second kappa shape index (κ2) is 7.50. The Hall–Kier alpha value is -3.08. The van der Waals surface area contributed by atoms with Gasteiger partial charge in [0.2, 0.25) is 0 Å². The van der Waals surface area contributed by atoms with Crippen LogP contribution in [0.15, 0.2) is 29.8 Å². The van der Waals surface area contributed by atoms with Crippen LogP contribution in [-0.2, 0) is 0 Å². The molecule has 1 aromatic rings. The van der Waals surface area contributed by atoms with Crippen LogP contribution in [0.1, 0.15) is 24.8 Å². The Bertz CT molecular complexity index is 948. The summed E-state index contributed by atoms with van der Waals surface area (Å²) in [5.41, 5.74) is -1.59. The third-order valence-electron chi connectivity index (χ3n) is 5.86. The minimum atomic E-state index is -1.98. The van der Waals surface area contributed by atoms with Crippen molar-refractivity contribution in [3.63, 3.8) is 0 Å². The molecule has 142 valence electrons. The van der Waals surface area contributed by atoms with E-state index >= 15 is 0 Å². The van der Waals surface area contributed by atoms with E-state index in [0.29, 0.717) is 18.7 Å². The number of halogens is 2. The minimum Gasteiger partial charge on any atom is -0.331 e. The second-order valence-electron chi connectivity index (χ2n) is 7.37. The molecular weight excluding hydrogens is 360 g/mol. The number of nitrogens with zero attached hydrogens (tertiary/aromatic N) is 3. The highest BCUT2D eigenvalue weighted by molar-refractivity contribution is 6.00. The van der Waals surface area contributed by atoms with Crippen molar-refractivity contribution in [1.29, 1.82) is 21.2 Å². The molecule has 1 saturated carbocycles. The summed E-state index contributed by atoms with van der Waals surface area (Å²) >= 11 is 0. The Morgan fingerprint density at radius 2 is 1.96 bits per heavy atom. The first-order valence-electron chi connectivity index (χ1n) is 9.23. The van der Waals surface area contributed by atoms with Crippen molar-refractivity contribution in [2.24, 2.45) is 17.3 Å². The van der Waals surface area contributed by atoms with E-state index in [1.807, 2.05) is 25.1 Å². The predicted octanol–water partition coefficient (Wildman–Crippen LogP) is 2.11. The van der Waals surface area contributed by atoms with Crippen LogP contribution in [0.5, 0.6) is 0 Å². The van der Waals surface area contributed by atoms with Gasteiger partial charge in [0, 0.05) is 17.9 Å². The molecule has 1 aliphatic heterocycles. The lowest BCUT2D eigenvalue weighted by Gasteiger charge is -2.46. The maximum atomic E-state index is 14.7. The van der Waals surface area contributed by atoms with Crippen LogP contribution in [0.4, 0.5) is 8.78 Å². The van der Waals surface area contributed by atoms with Crippen molar-refractivity contribution < 1.29 is 13.7 Å². The molecule has 0 saturated heterocycles. The summed E-state index contributed by atoms with van der Waals surface area (Å²) in [6.07, 6.45) is 2.83. The number of hydrogen-bond donors (Lipinski definition) is 2. The quantitative estimate of drug-likeness (QED) is 0.786. The first-order valence-corrected chi connectivity index (χ1v) is 9.23. The average Bonchev–Trinajstić information content (AvgIpc) is 2.68. The number of quaternary nitrogens is 1. The fourth-order valence-corrected chi connectivity index (χ4v) is 4.62. The number of hydrogen-bond acceptors (Lipinski definition) is 4. The SMILES string of the molecule is CCC[NH+]1CC=C2C(C#N)C(=N)C(C#N)(C#N)[C@@H](c3ccc(F)cc3F)[C@@H]2C1. The summed E-state index contributed by atoms with van der Waals surface area (Å²) < 4.78 is 28.2. The molecule has 0 spiro atoms. The van der Waals surface area contributed by atoms with E-state index in [2.05, 4.69) is 6.07 Å². The van der Waals surface area contributed by atoms with Crippen LogP contribution >= 0.6 is 0 Å². The van der Waals surface area contributed by atoms with Gasteiger partial charge in [0.25, 0.3) is 0 Å². The van der Waals surface area contributed by atoms with Gasteiger partial charge in [0.1, 0.15) is 17.6 Å². The van der Waals surface area contributed by atoms with Gasteiger partial charge >= 0.3 is 0 Å². The van der Waals surface area contributed by atoms with Gasteiger partial charge in [-0.15, -0.1) is 0 Å². The van der Waals surface area contributed by atoms with Gasteiger partial charge in [-0.25, -0.2) is 8.78 Å². The fourth-order valence-electron chi connectivity index (χ4n) is 4.62. The molecule has 1 aromatic carbocycles. The Morgan fingerprint density at radius 1 is 1.25 bits per heavy atom. The van der Waals surface area contributed by atoms with Gasteiger partial charge in [-0.05, 0) is 29.7 Å². The molecule has 0 bridgehead atoms. The molecule has 1 aliphatic carbocycles. The van der Waals surface area contributed by atoms with Gasteiger partial charge < -0.3 is 10.3 Å². The van der Waals surface area contributed by atoms with Crippen LogP contribution < -0.4 is 4.90 Å². The van der Waals surface area contributed by atoms with Crippen molar-refractivity contribution in [3.8, 4) is 18.2 Å². The monoisotopic (exact) mass is 380 g/mol. The van der Waals surface area contributed by atoms with E-state index < -0.39 is 34.8 Å². The van der Waals surface area contributed by atoms with E-state index in [1.54, 1.807) is 0 Å². The molecule has 2 unspecified atom stereocenters. The molecule has 5 nitrogen and oxygen atoms in total. The highest BCUT2D eigenvalue weighted by Crippen LogP contribution is 2.52. The number of rotatable bonds is 3. The van der Waals surface area contributed by atoms with Gasteiger partial charge in [-0.2, -0.15) is 15.8 Å². The van der Waals surface area contributed by atoms with Gasteiger partial charge in [0.15, 0.2) is 5.41 Å². The fraction of sp³-hybridized carbons (Fsp3) is 0.429. The number of benzene rings is 1. The highest BCUT2D eigenvalue weighted by atomic mass is 19.1. The summed E-state index contributed by atoms with van der Waals surface area (Å²) in [5.74, 6) is -4.00. The lowest BCUT2D eigenvalue weighted by atomic mass is 9.54. The van der Waals surface area contributed by atoms with Crippen molar-refractivity contribution in [1.82, 2.24) is 0 Å². The van der Waals surface area contributed by atoms with E-state index in [4.69, 9.17) is 5.41 Å². The molecule has 2 aliphatic rings. The van der Waals surface area contributed by atoms with E-state index in [-0.39, 0.29) is 11.3 Å².